The highest BCUT2D eigenvalue weighted by Gasteiger charge is 2.33. The lowest BCUT2D eigenvalue weighted by molar-refractivity contribution is -0.126. The monoisotopic (exact) mass is 369 g/mol. The number of nitrogens with one attached hydrogen (secondary N) is 1. The topological polar surface area (TPSA) is 119 Å². The van der Waals surface area contributed by atoms with Crippen molar-refractivity contribution < 1.29 is 22.7 Å². The number of hydrogen-bond acceptors (Lipinski definition) is 6. The molecular weight excluding hydrogens is 346 g/mol. The van der Waals surface area contributed by atoms with Gasteiger partial charge < -0.3 is 15.8 Å². The van der Waals surface area contributed by atoms with Gasteiger partial charge in [0.2, 0.25) is 15.9 Å². The molecule has 0 radical (unpaired) electrons. The maximum absolute atomic E-state index is 12.8. The third kappa shape index (κ3) is 4.56. The number of nitrogens with zero attached hydrogens (tertiary/aromatic N) is 1. The zero-order valence-corrected chi connectivity index (χ0v) is 14.9. The van der Waals surface area contributed by atoms with Crippen LogP contribution < -0.4 is 11.1 Å². The molecule has 0 aliphatic carbocycles. The zero-order chi connectivity index (χ0) is 18.4. The van der Waals surface area contributed by atoms with Crippen molar-refractivity contribution in [3.05, 3.63) is 29.8 Å². The smallest absolute Gasteiger partial charge is 0.337 e. The van der Waals surface area contributed by atoms with Gasteiger partial charge in [-0.1, -0.05) is 0 Å². The van der Waals surface area contributed by atoms with Crippen LogP contribution in [0.4, 0.5) is 0 Å². The molecule has 1 amide bonds. The number of carbonyl (C=O) groups excluding carboxylic acids is 2. The number of ether oxygens (including phenoxy) is 1. The normalized spacial score (nSPS) is 18.6. The summed E-state index contributed by atoms with van der Waals surface area (Å²) in [7, 11) is -2.46. The van der Waals surface area contributed by atoms with Crippen molar-refractivity contribution in [3.63, 3.8) is 0 Å². The van der Waals surface area contributed by atoms with Crippen LogP contribution in [0.2, 0.25) is 0 Å². The summed E-state index contributed by atoms with van der Waals surface area (Å²) in [5.41, 5.74) is 5.65. The second kappa shape index (κ2) is 8.41. The van der Waals surface area contributed by atoms with E-state index < -0.39 is 16.0 Å². The van der Waals surface area contributed by atoms with E-state index in [9.17, 15) is 18.0 Å². The molecule has 138 valence electrons. The van der Waals surface area contributed by atoms with Gasteiger partial charge in [-0.15, -0.1) is 0 Å². The number of benzene rings is 1. The maximum Gasteiger partial charge on any atom is 0.337 e. The Morgan fingerprint density at radius 1 is 1.32 bits per heavy atom. The molecule has 1 fully saturated rings. The molecule has 1 aromatic rings. The summed E-state index contributed by atoms with van der Waals surface area (Å²) in [6.45, 7) is 1.21. The van der Waals surface area contributed by atoms with Gasteiger partial charge in [-0.3, -0.25) is 4.79 Å². The number of methoxy groups -OCH3 is 1. The molecule has 1 heterocycles. The van der Waals surface area contributed by atoms with Crippen molar-refractivity contribution in [2.24, 2.45) is 11.7 Å². The summed E-state index contributed by atoms with van der Waals surface area (Å²) in [6.07, 6.45) is 1.25. The Balaban J connectivity index is 2.13. The quantitative estimate of drug-likeness (QED) is 0.679. The van der Waals surface area contributed by atoms with Crippen LogP contribution in [-0.2, 0) is 19.6 Å². The molecule has 9 heteroatoms. The van der Waals surface area contributed by atoms with Crippen molar-refractivity contribution in [2.45, 2.75) is 17.7 Å². The number of sulfonamides is 1. The molecule has 25 heavy (non-hydrogen) atoms. The second-order valence-electron chi connectivity index (χ2n) is 5.80. The first-order valence-electron chi connectivity index (χ1n) is 8.06. The van der Waals surface area contributed by atoms with Crippen LogP contribution in [0.1, 0.15) is 23.2 Å². The van der Waals surface area contributed by atoms with E-state index in [1.54, 1.807) is 0 Å². The van der Waals surface area contributed by atoms with Crippen molar-refractivity contribution in [2.75, 3.05) is 33.3 Å². The van der Waals surface area contributed by atoms with E-state index in [-0.39, 0.29) is 28.8 Å². The minimum Gasteiger partial charge on any atom is -0.465 e. The number of rotatable bonds is 6. The van der Waals surface area contributed by atoms with Gasteiger partial charge in [0.15, 0.2) is 0 Å². The van der Waals surface area contributed by atoms with E-state index in [4.69, 9.17) is 5.73 Å². The number of hydrogen-bond donors (Lipinski definition) is 2. The lowest BCUT2D eigenvalue weighted by Gasteiger charge is -2.31. The van der Waals surface area contributed by atoms with Gasteiger partial charge in [0.05, 0.1) is 23.5 Å². The fraction of sp³-hybridized carbons (Fsp3) is 0.500. The lowest BCUT2D eigenvalue weighted by Crippen LogP contribution is -2.46. The fourth-order valence-electron chi connectivity index (χ4n) is 2.74. The predicted molar refractivity (Wildman–Crippen MR) is 91.3 cm³/mol. The molecule has 0 saturated carbocycles. The Bertz CT molecular complexity index is 718. The van der Waals surface area contributed by atoms with Crippen LogP contribution in [-0.4, -0.2) is 57.9 Å². The molecule has 1 aromatic carbocycles. The minimum absolute atomic E-state index is 0.0863. The van der Waals surface area contributed by atoms with Gasteiger partial charge in [-0.2, -0.15) is 4.31 Å². The molecule has 1 aliphatic heterocycles. The van der Waals surface area contributed by atoms with Gasteiger partial charge in [0.25, 0.3) is 0 Å². The molecular formula is C16H23N3O5S. The number of piperidine rings is 1. The number of carbonyl (C=O) groups is 2. The van der Waals surface area contributed by atoms with Gasteiger partial charge in [-0.05, 0) is 37.1 Å². The van der Waals surface area contributed by atoms with E-state index in [2.05, 4.69) is 10.1 Å². The Morgan fingerprint density at radius 2 is 2.00 bits per heavy atom. The Kier molecular flexibility index (Phi) is 6.51. The van der Waals surface area contributed by atoms with E-state index in [0.29, 0.717) is 32.5 Å². The average Bonchev–Trinajstić information content (AvgIpc) is 2.65. The molecule has 8 nitrogen and oxygen atoms in total. The predicted octanol–water partition coefficient (Wildman–Crippen LogP) is -0.0512. The lowest BCUT2D eigenvalue weighted by atomic mass is 9.99. The molecule has 3 N–H and O–H groups in total. The third-order valence-electron chi connectivity index (χ3n) is 4.11. The van der Waals surface area contributed by atoms with Crippen LogP contribution >= 0.6 is 0 Å². The van der Waals surface area contributed by atoms with Crippen molar-refractivity contribution in [3.8, 4) is 0 Å². The standard InChI is InChI=1S/C16H23N3O5S/c1-24-16(21)12-4-6-14(7-5-12)25(22,23)19-10-2-3-13(11-19)15(20)18-9-8-17/h4-7,13H,2-3,8-11,17H2,1H3,(H,18,20). The third-order valence-corrected chi connectivity index (χ3v) is 5.99. The van der Waals surface area contributed by atoms with E-state index in [0.717, 1.165) is 0 Å². The zero-order valence-electron chi connectivity index (χ0n) is 14.1. The first kappa shape index (κ1) is 19.4. The largest absolute Gasteiger partial charge is 0.465 e. The summed E-state index contributed by atoms with van der Waals surface area (Å²) in [5, 5.41) is 2.70. The van der Waals surface area contributed by atoms with E-state index >= 15 is 0 Å². The maximum atomic E-state index is 12.8. The second-order valence-corrected chi connectivity index (χ2v) is 7.74. The fourth-order valence-corrected chi connectivity index (χ4v) is 4.27. The summed E-state index contributed by atoms with van der Waals surface area (Å²) >= 11 is 0. The summed E-state index contributed by atoms with van der Waals surface area (Å²) in [4.78, 5) is 23.6. The average molecular weight is 369 g/mol. The number of nitrogens with two attached hydrogens (primary N) is 1. The van der Waals surface area contributed by atoms with Crippen molar-refractivity contribution in [1.82, 2.24) is 9.62 Å². The molecule has 1 unspecified atom stereocenters. The van der Waals surface area contributed by atoms with Crippen LogP contribution in [0.3, 0.4) is 0 Å². The van der Waals surface area contributed by atoms with Crippen LogP contribution in [0.25, 0.3) is 0 Å². The summed E-state index contributed by atoms with van der Waals surface area (Å²) in [6, 6.07) is 5.57. The van der Waals surface area contributed by atoms with Crippen molar-refractivity contribution in [1.29, 1.82) is 0 Å². The Morgan fingerprint density at radius 3 is 2.60 bits per heavy atom. The molecule has 1 atom stereocenters. The highest BCUT2D eigenvalue weighted by Crippen LogP contribution is 2.24. The van der Waals surface area contributed by atoms with Gasteiger partial charge in [0.1, 0.15) is 0 Å². The van der Waals surface area contributed by atoms with Gasteiger partial charge >= 0.3 is 5.97 Å². The molecule has 2 rings (SSSR count). The number of esters is 1. The van der Waals surface area contributed by atoms with E-state index in [1.165, 1.54) is 35.7 Å². The minimum atomic E-state index is -3.72. The summed E-state index contributed by atoms with van der Waals surface area (Å²) in [5.74, 6) is -1.09. The number of amides is 1. The van der Waals surface area contributed by atoms with Gasteiger partial charge in [0, 0.05) is 26.2 Å². The van der Waals surface area contributed by atoms with Gasteiger partial charge in [-0.25, -0.2) is 13.2 Å². The first-order chi connectivity index (χ1) is 11.9. The summed E-state index contributed by atoms with van der Waals surface area (Å²) < 4.78 is 31.5. The highest BCUT2D eigenvalue weighted by molar-refractivity contribution is 7.89. The Hall–Kier alpha value is -1.97. The van der Waals surface area contributed by atoms with E-state index in [1.807, 2.05) is 0 Å². The Labute approximate surface area is 147 Å². The SMILES string of the molecule is COC(=O)c1ccc(S(=O)(=O)N2CCCC(C(=O)NCCN)C2)cc1. The van der Waals surface area contributed by atoms with Crippen molar-refractivity contribution >= 4 is 21.9 Å². The molecule has 0 spiro atoms. The molecule has 0 bridgehead atoms. The van der Waals surface area contributed by atoms with Crippen LogP contribution in [0, 0.1) is 5.92 Å². The molecule has 1 saturated heterocycles. The molecule has 1 aliphatic rings. The van der Waals surface area contributed by atoms with Crippen LogP contribution in [0.5, 0.6) is 0 Å². The van der Waals surface area contributed by atoms with Crippen LogP contribution in [0.15, 0.2) is 29.2 Å². The molecule has 0 aromatic heterocycles. The first-order valence-corrected chi connectivity index (χ1v) is 9.50. The highest BCUT2D eigenvalue weighted by atomic mass is 32.2.